The number of ether oxygens (including phenoxy) is 1. The van der Waals surface area contributed by atoms with Crippen LogP contribution in [-0.4, -0.2) is 22.7 Å². The van der Waals surface area contributed by atoms with E-state index >= 15 is 0 Å². The number of para-hydroxylation sites is 1. The highest BCUT2D eigenvalue weighted by atomic mass is 16.5. The van der Waals surface area contributed by atoms with Crippen LogP contribution >= 0.6 is 0 Å². The number of nitrogens with zero attached hydrogens (tertiary/aromatic N) is 2. The molecule has 0 bridgehead atoms. The lowest BCUT2D eigenvalue weighted by Crippen LogP contribution is -2.23. The highest BCUT2D eigenvalue weighted by Crippen LogP contribution is 2.41. The molecule has 6 heteroatoms. The van der Waals surface area contributed by atoms with Gasteiger partial charge in [-0.05, 0) is 31.9 Å². The minimum atomic E-state index is -0.180. The summed E-state index contributed by atoms with van der Waals surface area (Å²) >= 11 is 0. The number of benzene rings is 2. The van der Waals surface area contributed by atoms with E-state index in [-0.39, 0.29) is 5.91 Å². The first-order valence-electron chi connectivity index (χ1n) is 10.6. The fraction of sp³-hybridized carbons (Fsp3) is 0.240. The van der Waals surface area contributed by atoms with Gasteiger partial charge in [-0.15, -0.1) is 0 Å². The zero-order valence-electron chi connectivity index (χ0n) is 17.3. The molecule has 1 saturated carbocycles. The lowest BCUT2D eigenvalue weighted by molar-refractivity contribution is 0.0952. The molecule has 1 fully saturated rings. The molecular weight excluding hydrogens is 390 g/mol. The summed E-state index contributed by atoms with van der Waals surface area (Å²) in [5.41, 5.74) is 4.29. The smallest absolute Gasteiger partial charge is 0.259 e. The second kappa shape index (κ2) is 8.22. The summed E-state index contributed by atoms with van der Waals surface area (Å²) in [5.74, 6) is 0.986. The molecule has 156 valence electrons. The molecule has 0 spiro atoms. The van der Waals surface area contributed by atoms with Gasteiger partial charge in [-0.1, -0.05) is 53.7 Å². The summed E-state index contributed by atoms with van der Waals surface area (Å²) in [5, 5.41) is 7.94. The van der Waals surface area contributed by atoms with Gasteiger partial charge in [0.25, 0.3) is 11.6 Å². The van der Waals surface area contributed by atoms with E-state index in [9.17, 15) is 4.79 Å². The van der Waals surface area contributed by atoms with E-state index in [1.165, 1.54) is 0 Å². The molecule has 0 radical (unpaired) electrons. The molecule has 0 aliphatic heterocycles. The van der Waals surface area contributed by atoms with Crippen molar-refractivity contribution in [2.24, 2.45) is 0 Å². The quantitative estimate of drug-likeness (QED) is 0.456. The van der Waals surface area contributed by atoms with E-state index < -0.39 is 0 Å². The minimum absolute atomic E-state index is 0.180. The number of fused-ring (bicyclic) bond motifs is 1. The molecule has 4 aromatic rings. The van der Waals surface area contributed by atoms with E-state index in [2.05, 4.69) is 15.5 Å². The van der Waals surface area contributed by atoms with Crippen LogP contribution in [-0.2, 0) is 6.54 Å². The number of hydrogen-bond donors (Lipinski definition) is 1. The lowest BCUT2D eigenvalue weighted by atomic mass is 10.0. The van der Waals surface area contributed by atoms with E-state index in [1.54, 1.807) is 0 Å². The van der Waals surface area contributed by atoms with Gasteiger partial charge in [-0.25, -0.2) is 4.98 Å². The Morgan fingerprint density at radius 1 is 1.13 bits per heavy atom. The number of rotatable bonds is 7. The van der Waals surface area contributed by atoms with Crippen LogP contribution < -0.4 is 10.1 Å². The first kappa shape index (κ1) is 19.3. The predicted octanol–water partition coefficient (Wildman–Crippen LogP) is 5.10. The lowest BCUT2D eigenvalue weighted by Gasteiger charge is -2.12. The van der Waals surface area contributed by atoms with E-state index in [4.69, 9.17) is 9.26 Å². The Morgan fingerprint density at radius 3 is 2.68 bits per heavy atom. The summed E-state index contributed by atoms with van der Waals surface area (Å²) in [6.45, 7) is 2.88. The second-order valence-corrected chi connectivity index (χ2v) is 7.67. The van der Waals surface area contributed by atoms with Crippen LogP contribution in [0.1, 0.15) is 47.3 Å². The first-order chi connectivity index (χ1) is 15.2. The van der Waals surface area contributed by atoms with Crippen LogP contribution in [0, 0.1) is 0 Å². The Bertz CT molecular complexity index is 1230. The maximum atomic E-state index is 13.3. The van der Waals surface area contributed by atoms with Crippen LogP contribution in [0.15, 0.2) is 65.2 Å². The van der Waals surface area contributed by atoms with Crippen molar-refractivity contribution in [3.63, 3.8) is 0 Å². The highest BCUT2D eigenvalue weighted by molar-refractivity contribution is 6.09. The number of carbonyl (C=O) groups excluding carboxylic acids is 1. The largest absolute Gasteiger partial charge is 0.494 e. The van der Waals surface area contributed by atoms with Crippen LogP contribution in [0.4, 0.5) is 0 Å². The number of carbonyl (C=O) groups is 1. The van der Waals surface area contributed by atoms with Gasteiger partial charge in [0, 0.05) is 29.3 Å². The summed E-state index contributed by atoms with van der Waals surface area (Å²) in [4.78, 5) is 18.0. The number of aromatic nitrogens is 2. The number of nitrogens with one attached hydrogen (secondary N) is 1. The Hall–Kier alpha value is -3.67. The third kappa shape index (κ3) is 3.89. The van der Waals surface area contributed by atoms with Crippen molar-refractivity contribution in [3.05, 3.63) is 77.5 Å². The Kier molecular flexibility index (Phi) is 5.12. The van der Waals surface area contributed by atoms with Crippen molar-refractivity contribution in [2.45, 2.75) is 32.2 Å². The monoisotopic (exact) mass is 413 g/mol. The Labute approximate surface area is 180 Å². The molecule has 31 heavy (non-hydrogen) atoms. The highest BCUT2D eigenvalue weighted by Gasteiger charge is 2.29. The van der Waals surface area contributed by atoms with Gasteiger partial charge in [0.05, 0.1) is 17.6 Å². The minimum Gasteiger partial charge on any atom is -0.494 e. The molecule has 1 aliphatic rings. The first-order valence-corrected chi connectivity index (χ1v) is 10.6. The van der Waals surface area contributed by atoms with Gasteiger partial charge in [0.1, 0.15) is 11.4 Å². The third-order valence-corrected chi connectivity index (χ3v) is 5.47. The fourth-order valence-electron chi connectivity index (χ4n) is 3.75. The van der Waals surface area contributed by atoms with Crippen LogP contribution in [0.25, 0.3) is 22.4 Å². The average molecular weight is 413 g/mol. The van der Waals surface area contributed by atoms with Crippen LogP contribution in [0.3, 0.4) is 0 Å². The number of amides is 1. The normalized spacial score (nSPS) is 13.3. The maximum absolute atomic E-state index is 13.3. The van der Waals surface area contributed by atoms with Gasteiger partial charge in [0.2, 0.25) is 0 Å². The summed E-state index contributed by atoms with van der Waals surface area (Å²) in [6, 6.07) is 19.3. The molecule has 0 atom stereocenters. The zero-order valence-corrected chi connectivity index (χ0v) is 17.3. The van der Waals surface area contributed by atoms with Gasteiger partial charge in [0.15, 0.2) is 0 Å². The molecule has 1 amide bonds. The van der Waals surface area contributed by atoms with Gasteiger partial charge in [-0.2, -0.15) is 0 Å². The third-order valence-electron chi connectivity index (χ3n) is 5.47. The van der Waals surface area contributed by atoms with Gasteiger partial charge < -0.3 is 14.6 Å². The van der Waals surface area contributed by atoms with E-state index in [0.29, 0.717) is 41.4 Å². The molecular formula is C25H23N3O3. The van der Waals surface area contributed by atoms with Crippen molar-refractivity contribution < 1.29 is 14.1 Å². The summed E-state index contributed by atoms with van der Waals surface area (Å²) in [6.07, 6.45) is 2.17. The van der Waals surface area contributed by atoms with Crippen LogP contribution in [0.5, 0.6) is 5.75 Å². The summed E-state index contributed by atoms with van der Waals surface area (Å²) in [7, 11) is 0. The van der Waals surface area contributed by atoms with Crippen LogP contribution in [0.2, 0.25) is 0 Å². The molecule has 5 rings (SSSR count). The fourth-order valence-corrected chi connectivity index (χ4v) is 3.75. The molecule has 0 saturated heterocycles. The molecule has 2 heterocycles. The molecule has 6 nitrogen and oxygen atoms in total. The summed E-state index contributed by atoms with van der Waals surface area (Å²) < 4.78 is 11.2. The molecule has 2 aromatic heterocycles. The van der Waals surface area contributed by atoms with Gasteiger partial charge >= 0.3 is 0 Å². The molecule has 1 N–H and O–H groups in total. The van der Waals surface area contributed by atoms with Gasteiger partial charge in [-0.3, -0.25) is 4.79 Å². The Morgan fingerprint density at radius 2 is 1.90 bits per heavy atom. The average Bonchev–Trinajstić information content (AvgIpc) is 3.57. The standard InChI is InChI=1S/C25H23N3O3/c1-2-30-21-11-7-6-10-18(21)15-26-24(29)19-14-20(16-12-13-16)27-25-22(19)23(28-31-25)17-8-4-3-5-9-17/h3-11,14,16H,2,12-13,15H2,1H3,(H,26,29). The van der Waals surface area contributed by atoms with Crippen molar-refractivity contribution >= 4 is 17.0 Å². The molecule has 1 aliphatic carbocycles. The van der Waals surface area contributed by atoms with Crippen molar-refractivity contribution in [1.29, 1.82) is 0 Å². The number of hydrogen-bond acceptors (Lipinski definition) is 5. The topological polar surface area (TPSA) is 77.2 Å². The van der Waals surface area contributed by atoms with E-state index in [1.807, 2.05) is 67.6 Å². The van der Waals surface area contributed by atoms with Crippen molar-refractivity contribution in [2.75, 3.05) is 6.61 Å². The second-order valence-electron chi connectivity index (χ2n) is 7.67. The zero-order chi connectivity index (χ0) is 21.2. The Balaban J connectivity index is 1.52. The molecule has 0 unspecified atom stereocenters. The van der Waals surface area contributed by atoms with Crippen molar-refractivity contribution in [1.82, 2.24) is 15.5 Å². The predicted molar refractivity (Wildman–Crippen MR) is 118 cm³/mol. The van der Waals surface area contributed by atoms with E-state index in [0.717, 1.165) is 35.4 Å². The molecule has 2 aromatic carbocycles. The number of pyridine rings is 1. The van der Waals surface area contributed by atoms with Crippen molar-refractivity contribution in [3.8, 4) is 17.0 Å². The SMILES string of the molecule is CCOc1ccccc1CNC(=O)c1cc(C2CC2)nc2onc(-c3ccccc3)c12. The maximum Gasteiger partial charge on any atom is 0.259 e.